The lowest BCUT2D eigenvalue weighted by Crippen LogP contribution is -2.30. The lowest BCUT2D eigenvalue weighted by atomic mass is 10.1. The first kappa shape index (κ1) is 17.9. The van der Waals surface area contributed by atoms with E-state index in [9.17, 15) is 0 Å². The Kier molecular flexibility index (Phi) is 5.45. The number of benzene rings is 1. The van der Waals surface area contributed by atoms with Gasteiger partial charge in [-0.1, -0.05) is 30.3 Å². The summed E-state index contributed by atoms with van der Waals surface area (Å²) in [6.07, 6.45) is 11.9. The van der Waals surface area contributed by atoms with Gasteiger partial charge in [-0.15, -0.1) is 0 Å². The van der Waals surface area contributed by atoms with Crippen LogP contribution in [0.3, 0.4) is 0 Å². The number of fused-ring (bicyclic) bond motifs is 1. The van der Waals surface area contributed by atoms with E-state index in [4.69, 9.17) is 10.5 Å². The van der Waals surface area contributed by atoms with Crippen LogP contribution in [0.5, 0.6) is 5.75 Å². The van der Waals surface area contributed by atoms with Crippen LogP contribution < -0.4 is 10.5 Å². The molecule has 1 atom stereocenters. The number of hydrogen-bond acceptors (Lipinski definition) is 4. The Morgan fingerprint density at radius 2 is 1.96 bits per heavy atom. The summed E-state index contributed by atoms with van der Waals surface area (Å²) in [5, 5.41) is 1.21. The number of rotatable bonds is 7. The van der Waals surface area contributed by atoms with Crippen molar-refractivity contribution in [3.8, 4) is 5.75 Å². The van der Waals surface area contributed by atoms with Gasteiger partial charge in [0.2, 0.25) is 0 Å². The zero-order chi connectivity index (χ0) is 19.2. The number of ether oxygens (including phenoxy) is 1. The van der Waals surface area contributed by atoms with Crippen LogP contribution in [0.15, 0.2) is 73.3 Å². The van der Waals surface area contributed by atoms with Crippen LogP contribution in [-0.4, -0.2) is 27.6 Å². The van der Waals surface area contributed by atoms with Gasteiger partial charge < -0.3 is 15.5 Å². The summed E-state index contributed by atoms with van der Waals surface area (Å²) in [5.41, 5.74) is 10.5. The van der Waals surface area contributed by atoms with Crippen LogP contribution in [0.4, 0.5) is 0 Å². The van der Waals surface area contributed by atoms with Crippen molar-refractivity contribution in [1.82, 2.24) is 15.0 Å². The topological polar surface area (TPSA) is 76.8 Å². The van der Waals surface area contributed by atoms with Crippen LogP contribution in [0, 0.1) is 0 Å². The van der Waals surface area contributed by atoms with Crippen molar-refractivity contribution in [2.75, 3.05) is 6.61 Å². The molecule has 0 aliphatic heterocycles. The summed E-state index contributed by atoms with van der Waals surface area (Å²) < 4.78 is 5.87. The smallest absolute Gasteiger partial charge is 0.138 e. The molecule has 28 heavy (non-hydrogen) atoms. The SMILES string of the molecule is N[C@H](COc1cncc(/C=C/c2ccccn2)c1)Cc1c[nH]c2ccccc12. The number of aromatic nitrogens is 3. The van der Waals surface area contributed by atoms with E-state index in [2.05, 4.69) is 27.1 Å². The van der Waals surface area contributed by atoms with Crippen LogP contribution in [0.1, 0.15) is 16.8 Å². The molecule has 0 aliphatic carbocycles. The van der Waals surface area contributed by atoms with Crippen molar-refractivity contribution in [2.24, 2.45) is 5.73 Å². The predicted molar refractivity (Wildman–Crippen MR) is 113 cm³/mol. The highest BCUT2D eigenvalue weighted by Crippen LogP contribution is 2.19. The monoisotopic (exact) mass is 370 g/mol. The number of nitrogens with one attached hydrogen (secondary N) is 1. The summed E-state index contributed by atoms with van der Waals surface area (Å²) in [6, 6.07) is 15.9. The molecule has 3 N–H and O–H groups in total. The van der Waals surface area contributed by atoms with Crippen molar-refractivity contribution >= 4 is 23.1 Å². The Bertz CT molecular complexity index is 1070. The number of nitrogens with two attached hydrogens (primary N) is 1. The summed E-state index contributed by atoms with van der Waals surface area (Å²) in [6.45, 7) is 0.425. The fraction of sp³-hybridized carbons (Fsp3) is 0.130. The minimum atomic E-state index is -0.105. The maximum absolute atomic E-state index is 6.29. The largest absolute Gasteiger partial charge is 0.490 e. The molecule has 0 unspecified atom stereocenters. The molecule has 3 aromatic heterocycles. The summed E-state index contributed by atoms with van der Waals surface area (Å²) in [5.74, 6) is 0.706. The van der Waals surface area contributed by atoms with Crippen molar-refractivity contribution < 1.29 is 4.74 Å². The van der Waals surface area contributed by atoms with Gasteiger partial charge in [-0.05, 0) is 47.9 Å². The van der Waals surface area contributed by atoms with E-state index in [0.717, 1.165) is 23.2 Å². The van der Waals surface area contributed by atoms with Gasteiger partial charge in [0.1, 0.15) is 12.4 Å². The molecule has 140 valence electrons. The first-order valence-electron chi connectivity index (χ1n) is 9.25. The Hall–Kier alpha value is -3.44. The molecule has 0 radical (unpaired) electrons. The second-order valence-electron chi connectivity index (χ2n) is 6.68. The second kappa shape index (κ2) is 8.50. The Balaban J connectivity index is 1.36. The molecule has 4 rings (SSSR count). The predicted octanol–water partition coefficient (Wildman–Crippen LogP) is 4.08. The third-order valence-electron chi connectivity index (χ3n) is 4.49. The molecular formula is C23H22N4O. The molecule has 0 fully saturated rings. The van der Waals surface area contributed by atoms with Crippen LogP contribution in [0.25, 0.3) is 23.1 Å². The van der Waals surface area contributed by atoms with Crippen LogP contribution in [0.2, 0.25) is 0 Å². The van der Waals surface area contributed by atoms with Gasteiger partial charge in [0.15, 0.2) is 0 Å². The Morgan fingerprint density at radius 3 is 2.86 bits per heavy atom. The number of aromatic amines is 1. The van der Waals surface area contributed by atoms with Crippen LogP contribution >= 0.6 is 0 Å². The van der Waals surface area contributed by atoms with Gasteiger partial charge in [-0.25, -0.2) is 0 Å². The number of hydrogen-bond donors (Lipinski definition) is 2. The Morgan fingerprint density at radius 1 is 1.07 bits per heavy atom. The van der Waals surface area contributed by atoms with E-state index in [1.54, 1.807) is 18.6 Å². The number of pyridine rings is 2. The first-order chi connectivity index (χ1) is 13.8. The molecule has 5 nitrogen and oxygen atoms in total. The third kappa shape index (κ3) is 4.45. The maximum atomic E-state index is 6.29. The van der Waals surface area contributed by atoms with Crippen LogP contribution in [-0.2, 0) is 6.42 Å². The lowest BCUT2D eigenvalue weighted by Gasteiger charge is -2.13. The van der Waals surface area contributed by atoms with Gasteiger partial charge in [0.25, 0.3) is 0 Å². The Labute approximate surface area is 163 Å². The highest BCUT2D eigenvalue weighted by Gasteiger charge is 2.10. The third-order valence-corrected chi connectivity index (χ3v) is 4.49. The van der Waals surface area contributed by atoms with E-state index < -0.39 is 0 Å². The fourth-order valence-electron chi connectivity index (χ4n) is 3.11. The zero-order valence-electron chi connectivity index (χ0n) is 15.5. The number of para-hydroxylation sites is 1. The molecule has 0 bridgehead atoms. The van der Waals surface area contributed by atoms with E-state index in [-0.39, 0.29) is 6.04 Å². The minimum Gasteiger partial charge on any atom is -0.490 e. The normalized spacial score (nSPS) is 12.5. The lowest BCUT2D eigenvalue weighted by molar-refractivity contribution is 0.287. The second-order valence-corrected chi connectivity index (χ2v) is 6.68. The molecule has 3 heterocycles. The van der Waals surface area contributed by atoms with E-state index in [1.165, 1.54) is 10.9 Å². The molecule has 0 spiro atoms. The summed E-state index contributed by atoms with van der Waals surface area (Å²) in [4.78, 5) is 11.8. The molecule has 1 aromatic carbocycles. The molecular weight excluding hydrogens is 348 g/mol. The highest BCUT2D eigenvalue weighted by molar-refractivity contribution is 5.83. The van der Waals surface area contributed by atoms with Gasteiger partial charge in [0, 0.05) is 35.5 Å². The highest BCUT2D eigenvalue weighted by atomic mass is 16.5. The van der Waals surface area contributed by atoms with Crippen molar-refractivity contribution in [2.45, 2.75) is 12.5 Å². The van der Waals surface area contributed by atoms with Crippen molar-refractivity contribution in [3.05, 3.63) is 90.1 Å². The van der Waals surface area contributed by atoms with Gasteiger partial charge in [0.05, 0.1) is 11.9 Å². The van der Waals surface area contributed by atoms with E-state index in [1.807, 2.05) is 54.7 Å². The maximum Gasteiger partial charge on any atom is 0.138 e. The molecule has 0 saturated carbocycles. The number of nitrogens with zero attached hydrogens (tertiary/aromatic N) is 2. The van der Waals surface area contributed by atoms with Gasteiger partial charge >= 0.3 is 0 Å². The average Bonchev–Trinajstić information content (AvgIpc) is 3.15. The number of H-pyrrole nitrogens is 1. The molecule has 0 saturated heterocycles. The van der Waals surface area contributed by atoms with E-state index >= 15 is 0 Å². The summed E-state index contributed by atoms with van der Waals surface area (Å²) in [7, 11) is 0. The molecule has 4 aromatic rings. The minimum absolute atomic E-state index is 0.105. The average molecular weight is 370 g/mol. The standard InChI is InChI=1S/C23H22N4O/c24-19(12-18-14-27-23-7-2-1-6-22(18)23)16-28-21-11-17(13-25-15-21)8-9-20-5-3-4-10-26-20/h1-11,13-15,19,27H,12,16,24H2/b9-8+/t19-/m0/s1. The van der Waals surface area contributed by atoms with Gasteiger partial charge in [-0.2, -0.15) is 0 Å². The van der Waals surface area contributed by atoms with Crippen molar-refractivity contribution in [1.29, 1.82) is 0 Å². The molecule has 5 heteroatoms. The van der Waals surface area contributed by atoms with Gasteiger partial charge in [-0.3, -0.25) is 9.97 Å². The first-order valence-corrected chi connectivity index (χ1v) is 9.25. The molecule has 0 aliphatic rings. The summed E-state index contributed by atoms with van der Waals surface area (Å²) >= 11 is 0. The quantitative estimate of drug-likeness (QED) is 0.514. The zero-order valence-corrected chi connectivity index (χ0v) is 15.5. The van der Waals surface area contributed by atoms with Crippen molar-refractivity contribution in [3.63, 3.8) is 0 Å². The van der Waals surface area contributed by atoms with E-state index in [0.29, 0.717) is 12.4 Å². The molecule has 0 amide bonds. The fourth-order valence-corrected chi connectivity index (χ4v) is 3.11.